The normalized spacial score (nSPS) is 25.4. The number of amides is 1. The molecule has 2 saturated heterocycles. The van der Waals surface area contributed by atoms with Gasteiger partial charge in [0.05, 0.1) is 0 Å². The van der Waals surface area contributed by atoms with E-state index in [1.807, 2.05) is 6.07 Å². The Morgan fingerprint density at radius 1 is 1.19 bits per heavy atom. The molecule has 0 saturated carbocycles. The van der Waals surface area contributed by atoms with Gasteiger partial charge in [-0.25, -0.2) is 0 Å². The predicted molar refractivity (Wildman–Crippen MR) is 85.1 cm³/mol. The fourth-order valence-electron chi connectivity index (χ4n) is 3.79. The molecule has 114 valence electrons. The Morgan fingerprint density at radius 2 is 2.05 bits per heavy atom. The lowest BCUT2D eigenvalue weighted by atomic mass is 10.0. The summed E-state index contributed by atoms with van der Waals surface area (Å²) in [5.41, 5.74) is 1.33. The van der Waals surface area contributed by atoms with Crippen LogP contribution in [0.4, 0.5) is 0 Å². The highest BCUT2D eigenvalue weighted by Crippen LogP contribution is 2.25. The Bertz CT molecular complexity index is 454. The molecule has 0 radical (unpaired) electrons. The zero-order chi connectivity index (χ0) is 14.5. The number of hydrogen-bond donors (Lipinski definition) is 1. The van der Waals surface area contributed by atoms with Crippen molar-refractivity contribution in [2.45, 2.75) is 57.0 Å². The molecule has 1 amide bonds. The largest absolute Gasteiger partial charge is 0.338 e. The SMILES string of the molecule is O=C(CCCc1ccccc1)N1CCCC1C1CCCN1. The second-order valence-corrected chi connectivity index (χ2v) is 6.34. The predicted octanol–water partition coefficient (Wildman–Crippen LogP) is 2.75. The maximum atomic E-state index is 12.5. The Hall–Kier alpha value is -1.35. The molecule has 1 N–H and O–H groups in total. The molecule has 2 unspecified atom stereocenters. The lowest BCUT2D eigenvalue weighted by Gasteiger charge is -2.29. The zero-order valence-electron chi connectivity index (χ0n) is 12.8. The van der Waals surface area contributed by atoms with Crippen LogP contribution in [0.25, 0.3) is 0 Å². The maximum absolute atomic E-state index is 12.5. The van der Waals surface area contributed by atoms with Crippen LogP contribution in [0.1, 0.15) is 44.1 Å². The molecule has 2 atom stereocenters. The number of aryl methyl sites for hydroxylation is 1. The minimum absolute atomic E-state index is 0.363. The molecule has 0 aromatic heterocycles. The number of nitrogens with zero attached hydrogens (tertiary/aromatic N) is 1. The third-order valence-corrected chi connectivity index (χ3v) is 4.88. The number of nitrogens with one attached hydrogen (secondary N) is 1. The molecular weight excluding hydrogens is 260 g/mol. The Morgan fingerprint density at radius 3 is 2.81 bits per heavy atom. The molecule has 0 spiro atoms. The van der Waals surface area contributed by atoms with Gasteiger partial charge >= 0.3 is 0 Å². The van der Waals surface area contributed by atoms with E-state index in [4.69, 9.17) is 0 Å². The van der Waals surface area contributed by atoms with Crippen LogP contribution in [-0.2, 0) is 11.2 Å². The molecule has 21 heavy (non-hydrogen) atoms. The van der Waals surface area contributed by atoms with E-state index in [1.165, 1.54) is 31.2 Å². The Labute approximate surface area is 127 Å². The van der Waals surface area contributed by atoms with Crippen molar-refractivity contribution in [1.82, 2.24) is 10.2 Å². The second-order valence-electron chi connectivity index (χ2n) is 6.34. The molecule has 2 heterocycles. The summed E-state index contributed by atoms with van der Waals surface area (Å²) in [5, 5.41) is 3.57. The summed E-state index contributed by atoms with van der Waals surface area (Å²) in [6.07, 6.45) is 7.51. The van der Waals surface area contributed by atoms with Crippen LogP contribution in [0, 0.1) is 0 Å². The number of likely N-dealkylation sites (tertiary alicyclic amines) is 1. The second kappa shape index (κ2) is 7.08. The van der Waals surface area contributed by atoms with Crippen molar-refractivity contribution in [3.8, 4) is 0 Å². The Kier molecular flexibility index (Phi) is 4.91. The van der Waals surface area contributed by atoms with Crippen LogP contribution in [0.5, 0.6) is 0 Å². The first-order valence-corrected chi connectivity index (χ1v) is 8.41. The van der Waals surface area contributed by atoms with Gasteiger partial charge < -0.3 is 10.2 Å². The van der Waals surface area contributed by atoms with E-state index in [9.17, 15) is 4.79 Å². The van der Waals surface area contributed by atoms with Gasteiger partial charge in [0.25, 0.3) is 0 Å². The van der Waals surface area contributed by atoms with Gasteiger partial charge in [0.2, 0.25) is 5.91 Å². The summed E-state index contributed by atoms with van der Waals surface area (Å²) in [4.78, 5) is 14.7. The van der Waals surface area contributed by atoms with Crippen LogP contribution in [0.15, 0.2) is 30.3 Å². The molecule has 3 nitrogen and oxygen atoms in total. The maximum Gasteiger partial charge on any atom is 0.222 e. The first kappa shape index (κ1) is 14.6. The van der Waals surface area contributed by atoms with Gasteiger partial charge in [-0.2, -0.15) is 0 Å². The molecule has 0 aliphatic carbocycles. The quantitative estimate of drug-likeness (QED) is 0.902. The number of rotatable bonds is 5. The molecule has 3 rings (SSSR count). The number of carbonyl (C=O) groups excluding carboxylic acids is 1. The Balaban J connectivity index is 1.48. The van der Waals surface area contributed by atoms with E-state index in [1.54, 1.807) is 0 Å². The van der Waals surface area contributed by atoms with Gasteiger partial charge in [-0.3, -0.25) is 4.79 Å². The average Bonchev–Trinajstić information content (AvgIpc) is 3.19. The summed E-state index contributed by atoms with van der Waals surface area (Å²) in [7, 11) is 0. The fraction of sp³-hybridized carbons (Fsp3) is 0.611. The first-order chi connectivity index (χ1) is 10.3. The molecule has 3 heteroatoms. The minimum atomic E-state index is 0.363. The molecule has 2 fully saturated rings. The smallest absolute Gasteiger partial charge is 0.222 e. The van der Waals surface area contributed by atoms with Gasteiger partial charge in [-0.05, 0) is 50.6 Å². The van der Waals surface area contributed by atoms with Crippen molar-refractivity contribution < 1.29 is 4.79 Å². The standard InChI is InChI=1S/C18H26N2O/c21-18(12-4-9-15-7-2-1-3-8-15)20-14-6-11-17(20)16-10-5-13-19-16/h1-3,7-8,16-17,19H,4-6,9-14H2. The van der Waals surface area contributed by atoms with Crippen LogP contribution in [0.2, 0.25) is 0 Å². The van der Waals surface area contributed by atoms with E-state index < -0.39 is 0 Å². The minimum Gasteiger partial charge on any atom is -0.338 e. The van der Waals surface area contributed by atoms with Crippen LogP contribution < -0.4 is 5.32 Å². The summed E-state index contributed by atoms with van der Waals surface area (Å²) in [5.74, 6) is 0.363. The van der Waals surface area contributed by atoms with Crippen molar-refractivity contribution in [3.63, 3.8) is 0 Å². The summed E-state index contributed by atoms with van der Waals surface area (Å²) < 4.78 is 0. The topological polar surface area (TPSA) is 32.3 Å². The van der Waals surface area contributed by atoms with Crippen molar-refractivity contribution in [2.75, 3.05) is 13.1 Å². The van der Waals surface area contributed by atoms with E-state index in [2.05, 4.69) is 34.5 Å². The molecule has 1 aromatic carbocycles. The average molecular weight is 286 g/mol. The van der Waals surface area contributed by atoms with E-state index in [0.717, 1.165) is 25.9 Å². The number of carbonyl (C=O) groups is 1. The highest BCUT2D eigenvalue weighted by molar-refractivity contribution is 5.77. The highest BCUT2D eigenvalue weighted by atomic mass is 16.2. The van der Waals surface area contributed by atoms with E-state index in [-0.39, 0.29) is 0 Å². The van der Waals surface area contributed by atoms with Crippen molar-refractivity contribution in [1.29, 1.82) is 0 Å². The van der Waals surface area contributed by atoms with E-state index >= 15 is 0 Å². The highest BCUT2D eigenvalue weighted by Gasteiger charge is 2.35. The molecular formula is C18H26N2O. The van der Waals surface area contributed by atoms with Crippen molar-refractivity contribution in [2.24, 2.45) is 0 Å². The van der Waals surface area contributed by atoms with Crippen molar-refractivity contribution in [3.05, 3.63) is 35.9 Å². The summed E-state index contributed by atoms with van der Waals surface area (Å²) in [6, 6.07) is 11.5. The van der Waals surface area contributed by atoms with E-state index in [0.29, 0.717) is 24.4 Å². The third-order valence-electron chi connectivity index (χ3n) is 4.88. The van der Waals surface area contributed by atoms with Crippen molar-refractivity contribution >= 4 is 5.91 Å². The lowest BCUT2D eigenvalue weighted by molar-refractivity contribution is -0.132. The van der Waals surface area contributed by atoms with Gasteiger partial charge in [0, 0.05) is 25.0 Å². The monoisotopic (exact) mass is 286 g/mol. The summed E-state index contributed by atoms with van der Waals surface area (Å²) >= 11 is 0. The summed E-state index contributed by atoms with van der Waals surface area (Å²) in [6.45, 7) is 2.09. The van der Waals surface area contributed by atoms with Gasteiger partial charge in [-0.15, -0.1) is 0 Å². The molecule has 2 aliphatic rings. The molecule has 0 bridgehead atoms. The van der Waals surface area contributed by atoms with Gasteiger partial charge in [0.1, 0.15) is 0 Å². The van der Waals surface area contributed by atoms with Gasteiger partial charge in [-0.1, -0.05) is 30.3 Å². The molecule has 1 aromatic rings. The number of benzene rings is 1. The van der Waals surface area contributed by atoms with Crippen LogP contribution in [0.3, 0.4) is 0 Å². The number of hydrogen-bond acceptors (Lipinski definition) is 2. The van der Waals surface area contributed by atoms with Gasteiger partial charge in [0.15, 0.2) is 0 Å². The first-order valence-electron chi connectivity index (χ1n) is 8.41. The molecule has 2 aliphatic heterocycles. The lowest BCUT2D eigenvalue weighted by Crippen LogP contribution is -2.46. The van der Waals surface area contributed by atoms with Crippen LogP contribution >= 0.6 is 0 Å². The zero-order valence-corrected chi connectivity index (χ0v) is 12.8. The third kappa shape index (κ3) is 3.65. The van der Waals surface area contributed by atoms with Crippen LogP contribution in [-0.4, -0.2) is 36.0 Å². The fourth-order valence-corrected chi connectivity index (χ4v) is 3.79.